The number of cyclic esters (lactones) is 1. The molecule has 5 nitrogen and oxygen atoms in total. The third kappa shape index (κ3) is 4.70. The van der Waals surface area contributed by atoms with Gasteiger partial charge < -0.3 is 14.8 Å². The summed E-state index contributed by atoms with van der Waals surface area (Å²) in [6.45, 7) is 2.25. The van der Waals surface area contributed by atoms with Crippen LogP contribution in [0, 0.1) is 0 Å². The Balaban J connectivity index is 1.57. The summed E-state index contributed by atoms with van der Waals surface area (Å²) in [5, 5.41) is 2.73. The van der Waals surface area contributed by atoms with E-state index in [-0.39, 0.29) is 12.1 Å². The standard InChI is InChI=1S/C20H19NO4/c1-14(16-5-3-2-4-6-16)11-19(22)25-18-9-7-15(8-10-18)12-17-13-24-20(23)21-17/h2-11,17H,12-13H2,1H3,(H,21,23)/b14-11+. The van der Waals surface area contributed by atoms with E-state index in [0.29, 0.717) is 18.8 Å². The van der Waals surface area contributed by atoms with E-state index < -0.39 is 5.97 Å². The van der Waals surface area contributed by atoms with Crippen LogP contribution in [0.1, 0.15) is 18.1 Å². The molecule has 1 amide bonds. The van der Waals surface area contributed by atoms with Crippen molar-refractivity contribution < 1.29 is 19.1 Å². The van der Waals surface area contributed by atoms with E-state index in [2.05, 4.69) is 5.32 Å². The maximum Gasteiger partial charge on any atom is 0.407 e. The lowest BCUT2D eigenvalue weighted by molar-refractivity contribution is -0.128. The molecule has 0 radical (unpaired) electrons. The Morgan fingerprint density at radius 3 is 2.56 bits per heavy atom. The second-order valence-electron chi connectivity index (χ2n) is 5.90. The Morgan fingerprint density at radius 1 is 1.20 bits per heavy atom. The van der Waals surface area contributed by atoms with Crippen LogP contribution in [0.3, 0.4) is 0 Å². The van der Waals surface area contributed by atoms with Crippen LogP contribution in [0.2, 0.25) is 0 Å². The van der Waals surface area contributed by atoms with E-state index in [1.807, 2.05) is 49.4 Å². The second-order valence-corrected chi connectivity index (χ2v) is 5.90. The summed E-state index contributed by atoms with van der Waals surface area (Å²) in [7, 11) is 0. The molecule has 1 fully saturated rings. The molecule has 0 spiro atoms. The predicted octanol–water partition coefficient (Wildman–Crippen LogP) is 3.35. The molecule has 1 saturated heterocycles. The Kier molecular flexibility index (Phi) is 5.14. The number of hydrogen-bond donors (Lipinski definition) is 1. The van der Waals surface area contributed by atoms with Crippen LogP contribution >= 0.6 is 0 Å². The molecule has 0 aliphatic carbocycles. The molecule has 2 aromatic carbocycles. The molecule has 2 aromatic rings. The third-order valence-corrected chi connectivity index (χ3v) is 3.92. The minimum absolute atomic E-state index is 0.0163. The van der Waals surface area contributed by atoms with Crippen molar-refractivity contribution in [3.63, 3.8) is 0 Å². The van der Waals surface area contributed by atoms with Gasteiger partial charge in [0.1, 0.15) is 12.4 Å². The first kappa shape index (κ1) is 16.8. The van der Waals surface area contributed by atoms with Gasteiger partial charge in [-0.05, 0) is 42.2 Å². The molecule has 1 N–H and O–H groups in total. The minimum Gasteiger partial charge on any atom is -0.447 e. The van der Waals surface area contributed by atoms with Gasteiger partial charge in [0.15, 0.2) is 0 Å². The number of ether oxygens (including phenoxy) is 2. The molecule has 0 bridgehead atoms. The van der Waals surface area contributed by atoms with Crippen LogP contribution < -0.4 is 10.1 Å². The topological polar surface area (TPSA) is 64.6 Å². The number of alkyl carbamates (subject to hydrolysis) is 1. The van der Waals surface area contributed by atoms with Crippen LogP contribution in [0.4, 0.5) is 4.79 Å². The van der Waals surface area contributed by atoms with E-state index in [1.54, 1.807) is 12.1 Å². The molecule has 1 atom stereocenters. The van der Waals surface area contributed by atoms with Gasteiger partial charge in [0.05, 0.1) is 6.04 Å². The zero-order valence-corrected chi connectivity index (χ0v) is 13.9. The van der Waals surface area contributed by atoms with Crippen molar-refractivity contribution in [1.29, 1.82) is 0 Å². The first-order chi connectivity index (χ1) is 12.1. The molecule has 1 aliphatic rings. The molecule has 1 unspecified atom stereocenters. The fraction of sp³-hybridized carbons (Fsp3) is 0.200. The molecule has 1 heterocycles. The summed E-state index contributed by atoms with van der Waals surface area (Å²) in [6, 6.07) is 16.9. The number of hydrogen-bond acceptors (Lipinski definition) is 4. The van der Waals surface area contributed by atoms with Gasteiger partial charge in [0, 0.05) is 6.08 Å². The van der Waals surface area contributed by atoms with Gasteiger partial charge in [-0.3, -0.25) is 0 Å². The summed E-state index contributed by atoms with van der Waals surface area (Å²) in [5.41, 5.74) is 2.86. The van der Waals surface area contributed by atoms with Crippen molar-refractivity contribution in [1.82, 2.24) is 5.32 Å². The molecular weight excluding hydrogens is 318 g/mol. The molecule has 25 heavy (non-hydrogen) atoms. The van der Waals surface area contributed by atoms with Gasteiger partial charge in [0.25, 0.3) is 0 Å². The Labute approximate surface area is 146 Å². The lowest BCUT2D eigenvalue weighted by Gasteiger charge is -2.08. The Hall–Kier alpha value is -3.08. The largest absolute Gasteiger partial charge is 0.447 e. The molecule has 5 heteroatoms. The van der Waals surface area contributed by atoms with Crippen molar-refractivity contribution in [3.8, 4) is 5.75 Å². The summed E-state index contributed by atoms with van der Waals surface area (Å²) in [6.07, 6.45) is 1.78. The summed E-state index contributed by atoms with van der Waals surface area (Å²) in [5.74, 6) is 0.0723. The Bertz CT molecular complexity index is 781. The lowest BCUT2D eigenvalue weighted by atomic mass is 10.1. The number of amides is 1. The first-order valence-electron chi connectivity index (χ1n) is 8.08. The van der Waals surface area contributed by atoms with E-state index in [9.17, 15) is 9.59 Å². The van der Waals surface area contributed by atoms with E-state index in [0.717, 1.165) is 16.7 Å². The van der Waals surface area contributed by atoms with Crippen molar-refractivity contribution in [2.75, 3.05) is 6.61 Å². The van der Waals surface area contributed by atoms with Crippen LogP contribution in [0.5, 0.6) is 5.75 Å². The molecule has 0 saturated carbocycles. The molecular formula is C20H19NO4. The second kappa shape index (κ2) is 7.66. The monoisotopic (exact) mass is 337 g/mol. The van der Waals surface area contributed by atoms with Gasteiger partial charge in [-0.25, -0.2) is 9.59 Å². The number of carbonyl (C=O) groups is 2. The predicted molar refractivity (Wildman–Crippen MR) is 94.1 cm³/mol. The summed E-state index contributed by atoms with van der Waals surface area (Å²) < 4.78 is 10.2. The van der Waals surface area contributed by atoms with Crippen LogP contribution in [0.15, 0.2) is 60.7 Å². The highest BCUT2D eigenvalue weighted by Gasteiger charge is 2.22. The molecule has 0 aromatic heterocycles. The highest BCUT2D eigenvalue weighted by atomic mass is 16.6. The number of benzene rings is 2. The number of rotatable bonds is 5. The number of allylic oxidation sites excluding steroid dienone is 1. The maximum atomic E-state index is 12.0. The quantitative estimate of drug-likeness (QED) is 0.516. The average Bonchev–Trinajstić information content (AvgIpc) is 3.02. The van der Waals surface area contributed by atoms with Gasteiger partial charge in [0.2, 0.25) is 0 Å². The van der Waals surface area contributed by atoms with Crippen LogP contribution in [0.25, 0.3) is 5.57 Å². The zero-order valence-electron chi connectivity index (χ0n) is 13.9. The molecule has 128 valence electrons. The van der Waals surface area contributed by atoms with Gasteiger partial charge in [-0.15, -0.1) is 0 Å². The normalized spacial score (nSPS) is 16.9. The fourth-order valence-corrected chi connectivity index (χ4v) is 2.62. The fourth-order valence-electron chi connectivity index (χ4n) is 2.62. The maximum absolute atomic E-state index is 12.0. The van der Waals surface area contributed by atoms with E-state index >= 15 is 0 Å². The third-order valence-electron chi connectivity index (χ3n) is 3.92. The van der Waals surface area contributed by atoms with Crippen LogP contribution in [-0.2, 0) is 16.0 Å². The van der Waals surface area contributed by atoms with E-state index in [1.165, 1.54) is 6.08 Å². The van der Waals surface area contributed by atoms with Gasteiger partial charge >= 0.3 is 12.1 Å². The Morgan fingerprint density at radius 2 is 1.92 bits per heavy atom. The van der Waals surface area contributed by atoms with Crippen molar-refractivity contribution >= 4 is 17.6 Å². The smallest absolute Gasteiger partial charge is 0.407 e. The number of esters is 1. The first-order valence-corrected chi connectivity index (χ1v) is 8.08. The van der Waals surface area contributed by atoms with Gasteiger partial charge in [-0.2, -0.15) is 0 Å². The zero-order chi connectivity index (χ0) is 17.6. The summed E-state index contributed by atoms with van der Waals surface area (Å²) in [4.78, 5) is 23.0. The highest BCUT2D eigenvalue weighted by Crippen LogP contribution is 2.17. The molecule has 3 rings (SSSR count). The lowest BCUT2D eigenvalue weighted by Crippen LogP contribution is -2.28. The van der Waals surface area contributed by atoms with Gasteiger partial charge in [-0.1, -0.05) is 42.5 Å². The van der Waals surface area contributed by atoms with Crippen LogP contribution in [-0.4, -0.2) is 24.7 Å². The van der Waals surface area contributed by atoms with E-state index in [4.69, 9.17) is 9.47 Å². The average molecular weight is 337 g/mol. The number of nitrogens with one attached hydrogen (secondary N) is 1. The SMILES string of the molecule is C/C(=C\C(=O)Oc1ccc(CC2COC(=O)N2)cc1)c1ccccc1. The minimum atomic E-state index is -0.412. The summed E-state index contributed by atoms with van der Waals surface area (Å²) >= 11 is 0. The van der Waals surface area contributed by atoms with Crippen molar-refractivity contribution in [2.24, 2.45) is 0 Å². The van der Waals surface area contributed by atoms with Crippen molar-refractivity contribution in [3.05, 3.63) is 71.8 Å². The number of carbonyl (C=O) groups excluding carboxylic acids is 2. The molecule has 1 aliphatic heterocycles. The highest BCUT2D eigenvalue weighted by molar-refractivity contribution is 5.92. The van der Waals surface area contributed by atoms with Crippen molar-refractivity contribution in [2.45, 2.75) is 19.4 Å².